The first kappa shape index (κ1) is 13.9. The molecule has 0 aliphatic heterocycles. The Morgan fingerprint density at radius 3 is 2.35 bits per heavy atom. The smallest absolute Gasteiger partial charge is 0.252 e. The molecule has 2 aromatic rings. The molecule has 20 heavy (non-hydrogen) atoms. The molecule has 0 heterocycles. The number of carbonyl (C=O) groups excluding carboxylic acids is 1. The van der Waals surface area contributed by atoms with Gasteiger partial charge in [0.2, 0.25) is 0 Å². The third-order valence-electron chi connectivity index (χ3n) is 3.36. The Morgan fingerprint density at radius 1 is 1.05 bits per heavy atom. The first-order chi connectivity index (χ1) is 9.40. The number of primary amides is 1. The molecule has 2 aromatic carbocycles. The minimum Gasteiger partial charge on any atom is -0.456 e. The van der Waals surface area contributed by atoms with Crippen LogP contribution >= 0.6 is 0 Å². The third-order valence-corrected chi connectivity index (χ3v) is 3.36. The highest BCUT2D eigenvalue weighted by Crippen LogP contribution is 2.33. The quantitative estimate of drug-likeness (QED) is 0.841. The predicted molar refractivity (Wildman–Crippen MR) is 80.1 cm³/mol. The minimum absolute atomic E-state index is 0.319. The van der Waals surface area contributed by atoms with Gasteiger partial charge in [0, 0.05) is 11.8 Å². The molecule has 0 spiro atoms. The van der Waals surface area contributed by atoms with E-state index in [4.69, 9.17) is 16.2 Å². The van der Waals surface area contributed by atoms with Crippen molar-refractivity contribution in [1.29, 1.82) is 0 Å². The Labute approximate surface area is 118 Å². The number of hydrogen-bond acceptors (Lipinski definition) is 3. The molecule has 0 atom stereocenters. The number of carbonyl (C=O) groups is 1. The summed E-state index contributed by atoms with van der Waals surface area (Å²) in [5.74, 6) is 0.579. The van der Waals surface area contributed by atoms with Gasteiger partial charge in [0.1, 0.15) is 11.5 Å². The Bertz CT molecular complexity index is 678. The highest BCUT2D eigenvalue weighted by Gasteiger charge is 2.14. The minimum atomic E-state index is -0.539. The second-order valence-electron chi connectivity index (χ2n) is 4.88. The lowest BCUT2D eigenvalue weighted by molar-refractivity contribution is 0.0998. The van der Waals surface area contributed by atoms with Crippen LogP contribution in [0.3, 0.4) is 0 Å². The first-order valence-corrected chi connectivity index (χ1v) is 6.34. The van der Waals surface area contributed by atoms with Crippen molar-refractivity contribution in [2.24, 2.45) is 5.73 Å². The van der Waals surface area contributed by atoms with Crippen LogP contribution in [0, 0.1) is 20.8 Å². The van der Waals surface area contributed by atoms with E-state index < -0.39 is 5.91 Å². The first-order valence-electron chi connectivity index (χ1n) is 6.34. The summed E-state index contributed by atoms with van der Waals surface area (Å²) >= 11 is 0. The zero-order chi connectivity index (χ0) is 14.9. The van der Waals surface area contributed by atoms with E-state index in [1.807, 2.05) is 32.9 Å². The molecular formula is C16H18N2O2. The Hall–Kier alpha value is -2.49. The number of hydrogen-bond donors (Lipinski definition) is 2. The Morgan fingerprint density at radius 2 is 1.70 bits per heavy atom. The summed E-state index contributed by atoms with van der Waals surface area (Å²) in [7, 11) is 0. The van der Waals surface area contributed by atoms with E-state index >= 15 is 0 Å². The summed E-state index contributed by atoms with van der Waals surface area (Å²) in [6.45, 7) is 5.95. The number of amides is 1. The fourth-order valence-corrected chi connectivity index (χ4v) is 2.02. The molecule has 4 nitrogen and oxygen atoms in total. The van der Waals surface area contributed by atoms with Crippen molar-refractivity contribution in [3.63, 3.8) is 0 Å². The lowest BCUT2D eigenvalue weighted by atomic mass is 10.1. The van der Waals surface area contributed by atoms with Crippen LogP contribution in [0.5, 0.6) is 11.5 Å². The molecule has 2 rings (SSSR count). The van der Waals surface area contributed by atoms with E-state index in [2.05, 4.69) is 0 Å². The summed E-state index contributed by atoms with van der Waals surface area (Å²) < 4.78 is 5.91. The van der Waals surface area contributed by atoms with Crippen molar-refractivity contribution in [2.75, 3.05) is 5.73 Å². The van der Waals surface area contributed by atoms with E-state index in [1.165, 1.54) is 0 Å². The van der Waals surface area contributed by atoms with Gasteiger partial charge in [0.15, 0.2) is 0 Å². The second kappa shape index (κ2) is 5.25. The van der Waals surface area contributed by atoms with E-state index in [0.717, 1.165) is 22.4 Å². The molecule has 4 N–H and O–H groups in total. The van der Waals surface area contributed by atoms with Crippen molar-refractivity contribution in [3.05, 3.63) is 52.6 Å². The average molecular weight is 270 g/mol. The molecule has 0 unspecified atom stereocenters. The van der Waals surface area contributed by atoms with E-state index in [9.17, 15) is 4.79 Å². The number of nitrogen functional groups attached to an aromatic ring is 1. The Balaban J connectivity index is 2.53. The highest BCUT2D eigenvalue weighted by molar-refractivity contribution is 5.96. The van der Waals surface area contributed by atoms with Crippen molar-refractivity contribution < 1.29 is 9.53 Å². The maximum atomic E-state index is 11.5. The van der Waals surface area contributed by atoms with E-state index in [-0.39, 0.29) is 0 Å². The topological polar surface area (TPSA) is 78.3 Å². The molecule has 0 saturated carbocycles. The zero-order valence-electron chi connectivity index (χ0n) is 11.9. The predicted octanol–water partition coefficient (Wildman–Crippen LogP) is 3.09. The van der Waals surface area contributed by atoms with Crippen LogP contribution < -0.4 is 16.2 Å². The number of ether oxygens (including phenoxy) is 1. The molecule has 0 radical (unpaired) electrons. The number of anilines is 1. The zero-order valence-corrected chi connectivity index (χ0v) is 11.9. The van der Waals surface area contributed by atoms with Crippen LogP contribution in [0.1, 0.15) is 27.0 Å². The summed E-state index contributed by atoms with van der Waals surface area (Å²) in [6.07, 6.45) is 0. The molecule has 0 aromatic heterocycles. The van der Waals surface area contributed by atoms with Gasteiger partial charge in [-0.05, 0) is 49.6 Å². The summed E-state index contributed by atoms with van der Waals surface area (Å²) in [4.78, 5) is 11.5. The maximum absolute atomic E-state index is 11.5. The van der Waals surface area contributed by atoms with Gasteiger partial charge in [-0.15, -0.1) is 0 Å². The molecule has 0 aliphatic carbocycles. The van der Waals surface area contributed by atoms with Crippen LogP contribution in [-0.2, 0) is 0 Å². The molecule has 4 heteroatoms. The van der Waals surface area contributed by atoms with Crippen LogP contribution in [0.2, 0.25) is 0 Å². The van der Waals surface area contributed by atoms with Crippen LogP contribution in [0.4, 0.5) is 5.69 Å². The van der Waals surface area contributed by atoms with Crippen molar-refractivity contribution in [3.8, 4) is 11.5 Å². The number of nitrogens with two attached hydrogens (primary N) is 2. The Kier molecular flexibility index (Phi) is 3.66. The third kappa shape index (κ3) is 2.59. The highest BCUT2D eigenvalue weighted by atomic mass is 16.5. The molecule has 0 bridgehead atoms. The van der Waals surface area contributed by atoms with Crippen molar-refractivity contribution in [1.82, 2.24) is 0 Å². The van der Waals surface area contributed by atoms with Gasteiger partial charge in [-0.2, -0.15) is 0 Å². The molecule has 1 amide bonds. The largest absolute Gasteiger partial charge is 0.456 e. The van der Waals surface area contributed by atoms with Gasteiger partial charge in [-0.1, -0.05) is 12.1 Å². The number of benzene rings is 2. The van der Waals surface area contributed by atoms with Crippen molar-refractivity contribution in [2.45, 2.75) is 20.8 Å². The van der Waals surface area contributed by atoms with Gasteiger partial charge in [-0.3, -0.25) is 4.79 Å². The monoisotopic (exact) mass is 270 g/mol. The number of aryl methyl sites for hydroxylation is 2. The molecule has 0 aliphatic rings. The fraction of sp³-hybridized carbons (Fsp3) is 0.188. The van der Waals surface area contributed by atoms with E-state index in [0.29, 0.717) is 17.0 Å². The van der Waals surface area contributed by atoms with Gasteiger partial charge in [0.05, 0.1) is 5.56 Å². The van der Waals surface area contributed by atoms with E-state index in [1.54, 1.807) is 18.2 Å². The molecule has 104 valence electrons. The maximum Gasteiger partial charge on any atom is 0.252 e. The second-order valence-corrected chi connectivity index (χ2v) is 4.88. The lowest BCUT2D eigenvalue weighted by Crippen LogP contribution is -2.12. The van der Waals surface area contributed by atoms with Gasteiger partial charge in [-0.25, -0.2) is 0 Å². The number of rotatable bonds is 3. The van der Waals surface area contributed by atoms with Crippen LogP contribution in [-0.4, -0.2) is 5.91 Å². The lowest BCUT2D eigenvalue weighted by Gasteiger charge is -2.15. The van der Waals surface area contributed by atoms with Crippen LogP contribution in [0.15, 0.2) is 30.3 Å². The van der Waals surface area contributed by atoms with Crippen LogP contribution in [0.25, 0.3) is 0 Å². The van der Waals surface area contributed by atoms with Crippen molar-refractivity contribution >= 4 is 11.6 Å². The molecule has 0 fully saturated rings. The summed E-state index contributed by atoms with van der Waals surface area (Å²) in [6, 6.07) is 8.83. The standard InChI is InChI=1S/C16H18N2O2/c1-9-4-5-10(2)15(11(9)3)20-14-8-12(17)6-7-13(14)16(18)19/h4-8H,17H2,1-3H3,(H2,18,19). The van der Waals surface area contributed by atoms with Gasteiger partial charge < -0.3 is 16.2 Å². The molecule has 0 saturated heterocycles. The normalized spacial score (nSPS) is 10.3. The summed E-state index contributed by atoms with van der Waals surface area (Å²) in [5, 5.41) is 0. The fourth-order valence-electron chi connectivity index (χ4n) is 2.02. The SMILES string of the molecule is Cc1ccc(C)c(Oc2cc(N)ccc2C(N)=O)c1C. The van der Waals surface area contributed by atoms with Gasteiger partial charge >= 0.3 is 0 Å². The van der Waals surface area contributed by atoms with Gasteiger partial charge in [0.25, 0.3) is 5.91 Å². The average Bonchev–Trinajstić information content (AvgIpc) is 2.39. The molecular weight excluding hydrogens is 252 g/mol. The summed E-state index contributed by atoms with van der Waals surface area (Å²) in [5.41, 5.74) is 15.1.